The lowest BCUT2D eigenvalue weighted by Gasteiger charge is -1.89. The molecule has 3 nitrogen and oxygen atoms in total. The number of rotatable bonds is 2. The molecule has 0 unspecified atom stereocenters. The predicted molar refractivity (Wildman–Crippen MR) is 41.4 cm³/mol. The summed E-state index contributed by atoms with van der Waals surface area (Å²) >= 11 is 3.26. The molecule has 0 bridgehead atoms. The maximum atomic E-state index is 6.53. The molecule has 1 aromatic rings. The van der Waals surface area contributed by atoms with Crippen molar-refractivity contribution in [2.75, 3.05) is 6.54 Å². The van der Waals surface area contributed by atoms with Crippen LogP contribution in [0.15, 0.2) is 16.9 Å². The van der Waals surface area contributed by atoms with Crippen LogP contribution in [0.25, 0.3) is 4.85 Å². The van der Waals surface area contributed by atoms with E-state index < -0.39 is 0 Å². The highest BCUT2D eigenvalue weighted by Crippen LogP contribution is 2.05. The molecule has 0 aliphatic carbocycles. The summed E-state index contributed by atoms with van der Waals surface area (Å²) in [5.41, 5.74) is 0. The second-order valence-electron chi connectivity index (χ2n) is 1.80. The number of aromatic nitrogens is 2. The number of hydrogen-bond acceptors (Lipinski definition) is 1. The van der Waals surface area contributed by atoms with Gasteiger partial charge in [-0.15, -0.1) is 0 Å². The van der Waals surface area contributed by atoms with Crippen molar-refractivity contribution in [3.05, 3.63) is 28.3 Å². The molecule has 1 aromatic heterocycles. The summed E-state index contributed by atoms with van der Waals surface area (Å²) < 4.78 is 2.69. The lowest BCUT2D eigenvalue weighted by molar-refractivity contribution is 0.648. The molecule has 0 spiro atoms. The summed E-state index contributed by atoms with van der Waals surface area (Å²) in [6.07, 6.45) is 3.56. The van der Waals surface area contributed by atoms with Crippen molar-refractivity contribution in [2.45, 2.75) is 6.54 Å². The van der Waals surface area contributed by atoms with Gasteiger partial charge < -0.3 is 4.85 Å². The topological polar surface area (TPSA) is 22.2 Å². The van der Waals surface area contributed by atoms with Crippen LogP contribution in [0.5, 0.6) is 0 Å². The van der Waals surface area contributed by atoms with Crippen LogP contribution in [0.4, 0.5) is 0 Å². The molecule has 0 atom stereocenters. The maximum Gasteiger partial charge on any atom is 0.234 e. The minimum atomic E-state index is 0.494. The third-order valence-corrected chi connectivity index (χ3v) is 1.45. The van der Waals surface area contributed by atoms with E-state index in [9.17, 15) is 0 Å². The van der Waals surface area contributed by atoms with Crippen molar-refractivity contribution in [1.29, 1.82) is 0 Å². The SMILES string of the molecule is [C-]#[N+]CCn1cc(Br)cn1. The summed E-state index contributed by atoms with van der Waals surface area (Å²) in [4.78, 5) is 3.21. The van der Waals surface area contributed by atoms with Gasteiger partial charge in [-0.2, -0.15) is 5.10 Å². The molecular weight excluding hydrogens is 194 g/mol. The Balaban J connectivity index is 2.52. The van der Waals surface area contributed by atoms with E-state index in [2.05, 4.69) is 25.9 Å². The third-order valence-electron chi connectivity index (χ3n) is 1.04. The fourth-order valence-electron chi connectivity index (χ4n) is 0.613. The lowest BCUT2D eigenvalue weighted by Crippen LogP contribution is -1.99. The highest BCUT2D eigenvalue weighted by molar-refractivity contribution is 9.10. The zero-order valence-electron chi connectivity index (χ0n) is 5.29. The van der Waals surface area contributed by atoms with Crippen LogP contribution in [-0.2, 0) is 6.54 Å². The van der Waals surface area contributed by atoms with Gasteiger partial charge in [0, 0.05) is 6.20 Å². The molecule has 1 heterocycles. The van der Waals surface area contributed by atoms with Crippen LogP contribution in [0.1, 0.15) is 0 Å². The molecule has 0 aliphatic heterocycles. The molecule has 10 heavy (non-hydrogen) atoms. The van der Waals surface area contributed by atoms with E-state index in [-0.39, 0.29) is 0 Å². The molecule has 1 rings (SSSR count). The van der Waals surface area contributed by atoms with E-state index >= 15 is 0 Å². The Morgan fingerprint density at radius 1 is 1.80 bits per heavy atom. The van der Waals surface area contributed by atoms with Crippen molar-refractivity contribution in [2.24, 2.45) is 0 Å². The summed E-state index contributed by atoms with van der Waals surface area (Å²) in [6.45, 7) is 7.70. The van der Waals surface area contributed by atoms with Gasteiger partial charge in [0.25, 0.3) is 0 Å². The Hall–Kier alpha value is -0.820. The van der Waals surface area contributed by atoms with Gasteiger partial charge in [-0.05, 0) is 15.9 Å². The number of hydrogen-bond donors (Lipinski definition) is 0. The second kappa shape index (κ2) is 3.37. The summed E-state index contributed by atoms with van der Waals surface area (Å²) in [5, 5.41) is 3.98. The fraction of sp³-hybridized carbons (Fsp3) is 0.333. The van der Waals surface area contributed by atoms with Crippen molar-refractivity contribution in [1.82, 2.24) is 9.78 Å². The van der Waals surface area contributed by atoms with E-state index in [4.69, 9.17) is 6.57 Å². The zero-order valence-corrected chi connectivity index (χ0v) is 6.87. The Labute approximate surface area is 67.6 Å². The zero-order chi connectivity index (χ0) is 7.40. The Morgan fingerprint density at radius 2 is 2.60 bits per heavy atom. The van der Waals surface area contributed by atoms with Crippen molar-refractivity contribution in [3.63, 3.8) is 0 Å². The minimum Gasteiger partial charge on any atom is -0.315 e. The van der Waals surface area contributed by atoms with Gasteiger partial charge in [0.15, 0.2) is 0 Å². The monoisotopic (exact) mass is 199 g/mol. The van der Waals surface area contributed by atoms with E-state index in [1.165, 1.54) is 0 Å². The molecular formula is C6H6BrN3. The molecule has 0 radical (unpaired) electrons. The average Bonchev–Trinajstić information content (AvgIpc) is 2.31. The van der Waals surface area contributed by atoms with Crippen LogP contribution in [0.3, 0.4) is 0 Å². The molecule has 0 saturated carbocycles. The van der Waals surface area contributed by atoms with Crippen LogP contribution in [0, 0.1) is 6.57 Å². The van der Waals surface area contributed by atoms with E-state index in [1.54, 1.807) is 10.9 Å². The smallest absolute Gasteiger partial charge is 0.234 e. The molecule has 0 N–H and O–H groups in total. The van der Waals surface area contributed by atoms with Gasteiger partial charge in [-0.1, -0.05) is 0 Å². The molecule has 0 aromatic carbocycles. The first-order valence-electron chi connectivity index (χ1n) is 2.84. The van der Waals surface area contributed by atoms with Gasteiger partial charge in [0.05, 0.1) is 10.7 Å². The molecule has 0 saturated heterocycles. The normalized spacial score (nSPS) is 9.20. The summed E-state index contributed by atoms with van der Waals surface area (Å²) in [7, 11) is 0. The first-order valence-corrected chi connectivity index (χ1v) is 3.63. The molecule has 0 fully saturated rings. The van der Waals surface area contributed by atoms with Crippen LogP contribution in [-0.4, -0.2) is 16.3 Å². The van der Waals surface area contributed by atoms with Crippen LogP contribution >= 0.6 is 15.9 Å². The van der Waals surface area contributed by atoms with E-state index in [0.29, 0.717) is 13.1 Å². The first kappa shape index (κ1) is 7.29. The summed E-state index contributed by atoms with van der Waals surface area (Å²) in [5.74, 6) is 0. The minimum absolute atomic E-state index is 0.494. The lowest BCUT2D eigenvalue weighted by atomic mass is 10.6. The van der Waals surface area contributed by atoms with Gasteiger partial charge >= 0.3 is 0 Å². The van der Waals surface area contributed by atoms with Crippen molar-refractivity contribution < 1.29 is 0 Å². The van der Waals surface area contributed by atoms with E-state index in [1.807, 2.05) is 6.20 Å². The predicted octanol–water partition coefficient (Wildman–Crippen LogP) is 1.56. The van der Waals surface area contributed by atoms with Gasteiger partial charge in [-0.25, -0.2) is 6.57 Å². The van der Waals surface area contributed by atoms with Crippen LogP contribution in [0.2, 0.25) is 0 Å². The Bertz CT molecular complexity index is 248. The largest absolute Gasteiger partial charge is 0.315 e. The van der Waals surface area contributed by atoms with Gasteiger partial charge in [0.2, 0.25) is 6.54 Å². The standard InChI is InChI=1S/C6H6BrN3/c1-8-2-3-10-5-6(7)4-9-10/h4-5H,2-3H2. The summed E-state index contributed by atoms with van der Waals surface area (Å²) in [6, 6.07) is 0. The Kier molecular flexibility index (Phi) is 2.46. The molecule has 0 aliphatic rings. The first-order chi connectivity index (χ1) is 4.83. The molecule has 52 valence electrons. The van der Waals surface area contributed by atoms with Gasteiger partial charge in [-0.3, -0.25) is 4.68 Å². The maximum absolute atomic E-state index is 6.53. The average molecular weight is 200 g/mol. The molecule has 0 amide bonds. The number of nitrogens with zero attached hydrogens (tertiary/aromatic N) is 3. The molecule has 4 heteroatoms. The third kappa shape index (κ3) is 1.85. The Morgan fingerprint density at radius 3 is 3.10 bits per heavy atom. The van der Waals surface area contributed by atoms with Crippen molar-refractivity contribution >= 4 is 15.9 Å². The quantitative estimate of drug-likeness (QED) is 0.664. The highest BCUT2D eigenvalue weighted by atomic mass is 79.9. The number of halogens is 1. The highest BCUT2D eigenvalue weighted by Gasteiger charge is 1.94. The second-order valence-corrected chi connectivity index (χ2v) is 2.72. The van der Waals surface area contributed by atoms with Gasteiger partial charge in [0.1, 0.15) is 6.54 Å². The van der Waals surface area contributed by atoms with Crippen LogP contribution < -0.4 is 0 Å². The van der Waals surface area contributed by atoms with Crippen molar-refractivity contribution in [3.8, 4) is 0 Å². The fourth-order valence-corrected chi connectivity index (χ4v) is 0.941. The van der Waals surface area contributed by atoms with E-state index in [0.717, 1.165) is 4.47 Å².